The molecule has 5 rings (SSSR count). The quantitative estimate of drug-likeness (QED) is 0.290. The lowest BCUT2D eigenvalue weighted by atomic mass is 10.0. The maximum atomic E-state index is 4.66. The van der Waals surface area contributed by atoms with E-state index in [0.717, 1.165) is 38.3 Å². The fraction of sp³-hybridized carbons (Fsp3) is 0.0455. The van der Waals surface area contributed by atoms with Crippen molar-refractivity contribution in [2.45, 2.75) is 6.92 Å². The van der Waals surface area contributed by atoms with Crippen molar-refractivity contribution in [2.75, 3.05) is 5.43 Å². The van der Waals surface area contributed by atoms with Gasteiger partial charge in [-0.25, -0.2) is 10.4 Å². The highest BCUT2D eigenvalue weighted by atomic mass is 15.4. The summed E-state index contributed by atoms with van der Waals surface area (Å²) < 4.78 is 0. The fourth-order valence-electron chi connectivity index (χ4n) is 3.27. The number of aromatic nitrogens is 4. The number of benzene rings is 3. The summed E-state index contributed by atoms with van der Waals surface area (Å²) in [6, 6.07) is 20.0. The number of nitrogens with one attached hydrogen (secondary N) is 1. The van der Waals surface area contributed by atoms with E-state index in [-0.39, 0.29) is 0 Å². The van der Waals surface area contributed by atoms with Gasteiger partial charge >= 0.3 is 0 Å². The Kier molecular flexibility index (Phi) is 3.87. The van der Waals surface area contributed by atoms with Crippen LogP contribution in [0.15, 0.2) is 72.0 Å². The molecule has 0 aliphatic rings. The highest BCUT2D eigenvalue weighted by molar-refractivity contribution is 6.21. The monoisotopic (exact) mass is 364 g/mol. The summed E-state index contributed by atoms with van der Waals surface area (Å²) in [5.74, 6) is 0.344. The van der Waals surface area contributed by atoms with Crippen LogP contribution in [0, 0.1) is 6.92 Å². The van der Waals surface area contributed by atoms with Gasteiger partial charge in [-0.3, -0.25) is 4.98 Å². The number of hydrogen-bond donors (Lipinski definition) is 1. The van der Waals surface area contributed by atoms with Gasteiger partial charge in [0.15, 0.2) is 0 Å². The number of aryl methyl sites for hydroxylation is 1. The smallest absolute Gasteiger partial charge is 0.256 e. The number of pyridine rings is 1. The second-order valence-electron chi connectivity index (χ2n) is 6.56. The molecule has 134 valence electrons. The zero-order chi connectivity index (χ0) is 18.9. The van der Waals surface area contributed by atoms with E-state index < -0.39 is 0 Å². The van der Waals surface area contributed by atoms with E-state index in [1.54, 1.807) is 12.4 Å². The SMILES string of the molecule is Cc1ccc(/C=N/Nc2nnc3c4ccccc4c4ncccc4c3n2)cc1. The number of rotatable bonds is 3. The molecule has 2 aromatic heterocycles. The van der Waals surface area contributed by atoms with E-state index in [9.17, 15) is 0 Å². The van der Waals surface area contributed by atoms with Crippen LogP contribution in [-0.2, 0) is 0 Å². The van der Waals surface area contributed by atoms with Gasteiger partial charge in [0, 0.05) is 22.4 Å². The molecule has 28 heavy (non-hydrogen) atoms. The van der Waals surface area contributed by atoms with Gasteiger partial charge in [-0.2, -0.15) is 5.10 Å². The minimum atomic E-state index is 0.344. The zero-order valence-electron chi connectivity index (χ0n) is 15.2. The molecule has 0 saturated carbocycles. The summed E-state index contributed by atoms with van der Waals surface area (Å²) in [5.41, 5.74) is 7.49. The maximum Gasteiger partial charge on any atom is 0.263 e. The molecule has 0 bridgehead atoms. The predicted molar refractivity (Wildman–Crippen MR) is 113 cm³/mol. The second-order valence-corrected chi connectivity index (χ2v) is 6.56. The number of nitrogens with zero attached hydrogens (tertiary/aromatic N) is 5. The molecule has 0 aliphatic heterocycles. The van der Waals surface area contributed by atoms with Gasteiger partial charge in [0.1, 0.15) is 11.0 Å². The third kappa shape index (κ3) is 2.81. The fourth-order valence-corrected chi connectivity index (χ4v) is 3.27. The number of anilines is 1. The van der Waals surface area contributed by atoms with E-state index in [4.69, 9.17) is 0 Å². The van der Waals surface area contributed by atoms with Crippen molar-refractivity contribution in [2.24, 2.45) is 5.10 Å². The summed E-state index contributed by atoms with van der Waals surface area (Å²) in [6.45, 7) is 2.05. The van der Waals surface area contributed by atoms with Gasteiger partial charge < -0.3 is 0 Å². The number of hydrazone groups is 1. The summed E-state index contributed by atoms with van der Waals surface area (Å²) in [5, 5.41) is 15.8. The molecule has 0 amide bonds. The second kappa shape index (κ2) is 6.66. The molecular formula is C22H16N6. The Morgan fingerprint density at radius 2 is 1.54 bits per heavy atom. The van der Waals surface area contributed by atoms with E-state index in [2.05, 4.69) is 37.6 Å². The molecular weight excluding hydrogens is 348 g/mol. The average molecular weight is 364 g/mol. The van der Waals surface area contributed by atoms with E-state index in [0.29, 0.717) is 5.95 Å². The Morgan fingerprint density at radius 1 is 0.786 bits per heavy atom. The molecule has 3 aromatic carbocycles. The first-order valence-electron chi connectivity index (χ1n) is 8.95. The van der Waals surface area contributed by atoms with Gasteiger partial charge in [0.05, 0.1) is 11.7 Å². The van der Waals surface area contributed by atoms with Crippen LogP contribution in [0.1, 0.15) is 11.1 Å². The Bertz CT molecular complexity index is 1310. The summed E-state index contributed by atoms with van der Waals surface area (Å²) in [7, 11) is 0. The maximum absolute atomic E-state index is 4.66. The van der Waals surface area contributed by atoms with E-state index in [1.807, 2.05) is 60.7 Å². The van der Waals surface area contributed by atoms with Gasteiger partial charge in [0.2, 0.25) is 0 Å². The molecule has 0 unspecified atom stereocenters. The van der Waals surface area contributed by atoms with Crippen molar-refractivity contribution in [1.82, 2.24) is 20.2 Å². The van der Waals surface area contributed by atoms with Crippen molar-refractivity contribution in [1.29, 1.82) is 0 Å². The minimum Gasteiger partial charge on any atom is -0.256 e. The molecule has 2 heterocycles. The molecule has 0 spiro atoms. The van der Waals surface area contributed by atoms with Crippen LogP contribution in [0.2, 0.25) is 0 Å². The third-order valence-corrected chi connectivity index (χ3v) is 4.64. The normalized spacial score (nSPS) is 11.6. The first kappa shape index (κ1) is 16.3. The number of fused-ring (bicyclic) bond motifs is 6. The van der Waals surface area contributed by atoms with Crippen LogP contribution >= 0.6 is 0 Å². The molecule has 0 radical (unpaired) electrons. The van der Waals surface area contributed by atoms with E-state index in [1.165, 1.54) is 5.56 Å². The number of hydrogen-bond acceptors (Lipinski definition) is 6. The summed E-state index contributed by atoms with van der Waals surface area (Å²) >= 11 is 0. The summed E-state index contributed by atoms with van der Waals surface area (Å²) in [4.78, 5) is 9.22. The topological polar surface area (TPSA) is 76.0 Å². The van der Waals surface area contributed by atoms with Crippen LogP contribution < -0.4 is 5.43 Å². The molecule has 5 aromatic rings. The van der Waals surface area contributed by atoms with Crippen LogP contribution in [0.25, 0.3) is 32.7 Å². The zero-order valence-corrected chi connectivity index (χ0v) is 15.2. The van der Waals surface area contributed by atoms with Gasteiger partial charge in [0.25, 0.3) is 5.95 Å². The Labute approximate surface area is 161 Å². The van der Waals surface area contributed by atoms with Crippen LogP contribution in [0.4, 0.5) is 5.95 Å². The Balaban J connectivity index is 1.60. The van der Waals surface area contributed by atoms with Gasteiger partial charge in [-0.1, -0.05) is 54.1 Å². The summed E-state index contributed by atoms with van der Waals surface area (Å²) in [6.07, 6.45) is 3.52. The van der Waals surface area contributed by atoms with Gasteiger partial charge in [-0.05, 0) is 24.6 Å². The Morgan fingerprint density at radius 3 is 2.36 bits per heavy atom. The van der Waals surface area contributed by atoms with Crippen LogP contribution in [0.5, 0.6) is 0 Å². The first-order valence-corrected chi connectivity index (χ1v) is 8.95. The highest BCUT2D eigenvalue weighted by Crippen LogP contribution is 2.31. The molecule has 6 heteroatoms. The van der Waals surface area contributed by atoms with Crippen molar-refractivity contribution in [3.63, 3.8) is 0 Å². The van der Waals surface area contributed by atoms with Crippen molar-refractivity contribution in [3.8, 4) is 0 Å². The molecule has 0 atom stereocenters. The predicted octanol–water partition coefficient (Wildman–Crippen LogP) is 4.48. The van der Waals surface area contributed by atoms with E-state index >= 15 is 0 Å². The standard InChI is InChI=1S/C22H16N6/c1-14-8-10-15(11-9-14)13-24-27-22-25-20-18-7-4-12-23-19(18)16-5-2-3-6-17(16)21(20)26-28-22/h2-13H,1H3,(H,25,27,28)/b24-13+. The lowest BCUT2D eigenvalue weighted by Gasteiger charge is -2.08. The molecule has 0 saturated heterocycles. The first-order chi connectivity index (χ1) is 13.8. The molecule has 6 nitrogen and oxygen atoms in total. The van der Waals surface area contributed by atoms with Crippen molar-refractivity contribution in [3.05, 3.63) is 78.0 Å². The Hall–Kier alpha value is -3.93. The molecule has 1 N–H and O–H groups in total. The molecule has 0 fully saturated rings. The minimum absolute atomic E-state index is 0.344. The lowest BCUT2D eigenvalue weighted by Crippen LogP contribution is -2.00. The molecule has 0 aliphatic carbocycles. The highest BCUT2D eigenvalue weighted by Gasteiger charge is 2.12. The van der Waals surface area contributed by atoms with Gasteiger partial charge in [-0.15, -0.1) is 10.2 Å². The third-order valence-electron chi connectivity index (χ3n) is 4.64. The van der Waals surface area contributed by atoms with Crippen LogP contribution in [-0.4, -0.2) is 26.4 Å². The lowest BCUT2D eigenvalue weighted by molar-refractivity contribution is 1.01. The average Bonchev–Trinajstić information content (AvgIpc) is 2.75. The van der Waals surface area contributed by atoms with Crippen LogP contribution in [0.3, 0.4) is 0 Å². The van der Waals surface area contributed by atoms with Crippen molar-refractivity contribution < 1.29 is 0 Å². The van der Waals surface area contributed by atoms with Crippen molar-refractivity contribution >= 4 is 44.9 Å². The largest absolute Gasteiger partial charge is 0.263 e.